The predicted octanol–water partition coefficient (Wildman–Crippen LogP) is 1.52. The molecular weight excluding hydrogens is 234 g/mol. The molecule has 0 unspecified atom stereocenters. The summed E-state index contributed by atoms with van der Waals surface area (Å²) in [6.45, 7) is 0. The maximum absolute atomic E-state index is 11.0. The van der Waals surface area contributed by atoms with Gasteiger partial charge in [0.05, 0.1) is 0 Å². The SMILES string of the molecule is O=C1C=C(CCCCCBr)C(=O)N1. The molecule has 0 aliphatic carbocycles. The lowest BCUT2D eigenvalue weighted by atomic mass is 10.1. The molecule has 2 amide bonds. The Kier molecular flexibility index (Phi) is 4.15. The van der Waals surface area contributed by atoms with Gasteiger partial charge in [0.15, 0.2) is 0 Å². The minimum Gasteiger partial charge on any atom is -0.289 e. The van der Waals surface area contributed by atoms with Gasteiger partial charge >= 0.3 is 0 Å². The molecule has 0 aromatic heterocycles. The summed E-state index contributed by atoms with van der Waals surface area (Å²) in [7, 11) is 0. The first-order valence-corrected chi connectivity index (χ1v) is 5.48. The number of unbranched alkanes of at least 4 members (excludes halogenated alkanes) is 2. The first kappa shape index (κ1) is 10.4. The zero-order valence-corrected chi connectivity index (χ0v) is 8.89. The number of alkyl halides is 1. The van der Waals surface area contributed by atoms with Crippen molar-refractivity contribution >= 4 is 27.7 Å². The molecule has 0 aromatic carbocycles. The first-order valence-electron chi connectivity index (χ1n) is 4.36. The summed E-state index contributed by atoms with van der Waals surface area (Å²) in [6, 6.07) is 0. The lowest BCUT2D eigenvalue weighted by Crippen LogP contribution is -2.22. The molecule has 1 aliphatic heterocycles. The maximum Gasteiger partial charge on any atom is 0.254 e. The van der Waals surface area contributed by atoms with Crippen LogP contribution >= 0.6 is 15.9 Å². The van der Waals surface area contributed by atoms with Crippen molar-refractivity contribution in [2.75, 3.05) is 5.33 Å². The number of amides is 2. The second-order valence-corrected chi connectivity index (χ2v) is 3.78. The van der Waals surface area contributed by atoms with Crippen LogP contribution in [0.3, 0.4) is 0 Å². The molecule has 1 aliphatic rings. The van der Waals surface area contributed by atoms with Gasteiger partial charge < -0.3 is 0 Å². The molecule has 0 saturated carbocycles. The van der Waals surface area contributed by atoms with E-state index >= 15 is 0 Å². The van der Waals surface area contributed by atoms with Crippen molar-refractivity contribution in [3.63, 3.8) is 0 Å². The Balaban J connectivity index is 2.25. The van der Waals surface area contributed by atoms with Crippen LogP contribution in [-0.2, 0) is 9.59 Å². The van der Waals surface area contributed by atoms with Crippen molar-refractivity contribution in [2.24, 2.45) is 0 Å². The van der Waals surface area contributed by atoms with Crippen molar-refractivity contribution in [1.29, 1.82) is 0 Å². The Morgan fingerprint density at radius 2 is 2.00 bits per heavy atom. The molecule has 0 fully saturated rings. The van der Waals surface area contributed by atoms with Gasteiger partial charge in [0.25, 0.3) is 11.8 Å². The summed E-state index contributed by atoms with van der Waals surface area (Å²) < 4.78 is 0. The molecule has 0 aromatic rings. The molecule has 0 bridgehead atoms. The summed E-state index contributed by atoms with van der Waals surface area (Å²) >= 11 is 3.34. The normalized spacial score (nSPS) is 15.9. The molecule has 1 rings (SSSR count). The number of rotatable bonds is 5. The van der Waals surface area contributed by atoms with Gasteiger partial charge in [-0.05, 0) is 19.3 Å². The van der Waals surface area contributed by atoms with Gasteiger partial charge in [0.2, 0.25) is 0 Å². The predicted molar refractivity (Wildman–Crippen MR) is 53.5 cm³/mol. The van der Waals surface area contributed by atoms with Gasteiger partial charge in [-0.2, -0.15) is 0 Å². The van der Waals surface area contributed by atoms with Crippen molar-refractivity contribution in [3.8, 4) is 0 Å². The summed E-state index contributed by atoms with van der Waals surface area (Å²) in [5.41, 5.74) is 0.625. The van der Waals surface area contributed by atoms with E-state index in [0.717, 1.165) is 24.6 Å². The maximum atomic E-state index is 11.0. The fourth-order valence-electron chi connectivity index (χ4n) is 1.22. The quantitative estimate of drug-likeness (QED) is 0.454. The van der Waals surface area contributed by atoms with Crippen molar-refractivity contribution in [1.82, 2.24) is 5.32 Å². The summed E-state index contributed by atoms with van der Waals surface area (Å²) in [6.07, 6.45) is 5.28. The molecule has 4 heteroatoms. The Morgan fingerprint density at radius 1 is 1.23 bits per heavy atom. The van der Waals surface area contributed by atoms with E-state index in [9.17, 15) is 9.59 Å². The summed E-state index contributed by atoms with van der Waals surface area (Å²) in [5, 5.41) is 3.23. The van der Waals surface area contributed by atoms with Crippen LogP contribution in [0.1, 0.15) is 25.7 Å². The average molecular weight is 246 g/mol. The van der Waals surface area contributed by atoms with Crippen LogP contribution in [0.25, 0.3) is 0 Å². The number of carbonyl (C=O) groups excluding carboxylic acids is 2. The minimum absolute atomic E-state index is 0.219. The zero-order chi connectivity index (χ0) is 9.68. The lowest BCUT2D eigenvalue weighted by molar-refractivity contribution is -0.123. The Labute approximate surface area is 85.7 Å². The molecule has 0 atom stereocenters. The summed E-state index contributed by atoms with van der Waals surface area (Å²) in [5.74, 6) is -0.496. The third-order valence-electron chi connectivity index (χ3n) is 1.91. The zero-order valence-electron chi connectivity index (χ0n) is 7.31. The standard InChI is InChI=1S/C9H12BrNO2/c10-5-3-1-2-4-7-6-8(12)11-9(7)13/h6H,1-5H2,(H,11,12,13). The molecule has 72 valence electrons. The highest BCUT2D eigenvalue weighted by Gasteiger charge is 2.19. The van der Waals surface area contributed by atoms with E-state index in [1.54, 1.807) is 0 Å². The monoisotopic (exact) mass is 245 g/mol. The van der Waals surface area contributed by atoms with E-state index in [4.69, 9.17) is 0 Å². The molecule has 1 heterocycles. The number of nitrogens with one attached hydrogen (secondary N) is 1. The number of hydrogen-bond acceptors (Lipinski definition) is 2. The van der Waals surface area contributed by atoms with Gasteiger partial charge in [-0.3, -0.25) is 14.9 Å². The lowest BCUT2D eigenvalue weighted by Gasteiger charge is -1.98. The largest absolute Gasteiger partial charge is 0.289 e. The van der Waals surface area contributed by atoms with Gasteiger partial charge in [-0.25, -0.2) is 0 Å². The van der Waals surface area contributed by atoms with Gasteiger partial charge in [-0.15, -0.1) is 0 Å². The van der Waals surface area contributed by atoms with E-state index in [1.165, 1.54) is 6.08 Å². The molecule has 13 heavy (non-hydrogen) atoms. The van der Waals surface area contributed by atoms with E-state index in [2.05, 4.69) is 21.2 Å². The minimum atomic E-state index is -0.277. The average Bonchev–Trinajstić information content (AvgIpc) is 2.39. The second-order valence-electron chi connectivity index (χ2n) is 2.99. The van der Waals surface area contributed by atoms with Crippen LogP contribution < -0.4 is 5.32 Å². The van der Waals surface area contributed by atoms with E-state index < -0.39 is 0 Å². The highest BCUT2D eigenvalue weighted by Crippen LogP contribution is 2.12. The molecular formula is C9H12BrNO2. The number of hydrogen-bond donors (Lipinski definition) is 1. The summed E-state index contributed by atoms with van der Waals surface area (Å²) in [4.78, 5) is 21.8. The van der Waals surface area contributed by atoms with E-state index in [-0.39, 0.29) is 11.8 Å². The molecule has 1 N–H and O–H groups in total. The smallest absolute Gasteiger partial charge is 0.254 e. The topological polar surface area (TPSA) is 46.2 Å². The Morgan fingerprint density at radius 3 is 2.54 bits per heavy atom. The number of halogens is 1. The second kappa shape index (κ2) is 5.17. The van der Waals surface area contributed by atoms with Gasteiger partial charge in [0, 0.05) is 17.0 Å². The van der Waals surface area contributed by atoms with Crippen LogP contribution in [0.2, 0.25) is 0 Å². The van der Waals surface area contributed by atoms with Crippen LogP contribution in [0.4, 0.5) is 0 Å². The van der Waals surface area contributed by atoms with Crippen LogP contribution in [0.5, 0.6) is 0 Å². The van der Waals surface area contributed by atoms with Crippen LogP contribution in [0.15, 0.2) is 11.6 Å². The highest BCUT2D eigenvalue weighted by atomic mass is 79.9. The third kappa shape index (κ3) is 3.30. The fraction of sp³-hybridized carbons (Fsp3) is 0.556. The Bertz CT molecular complexity index is 248. The molecule has 0 spiro atoms. The Hall–Kier alpha value is -0.640. The molecule has 0 radical (unpaired) electrons. The van der Waals surface area contributed by atoms with Crippen molar-refractivity contribution in [2.45, 2.75) is 25.7 Å². The first-order chi connectivity index (χ1) is 6.24. The molecule has 0 saturated heterocycles. The highest BCUT2D eigenvalue weighted by molar-refractivity contribution is 9.09. The van der Waals surface area contributed by atoms with Crippen molar-refractivity contribution in [3.05, 3.63) is 11.6 Å². The molecule has 3 nitrogen and oxygen atoms in total. The number of carbonyl (C=O) groups is 2. The van der Waals surface area contributed by atoms with E-state index in [1.807, 2.05) is 0 Å². The van der Waals surface area contributed by atoms with Gasteiger partial charge in [-0.1, -0.05) is 22.4 Å². The number of imide groups is 1. The van der Waals surface area contributed by atoms with E-state index in [0.29, 0.717) is 12.0 Å². The van der Waals surface area contributed by atoms with Gasteiger partial charge in [0.1, 0.15) is 0 Å². The fourth-order valence-corrected chi connectivity index (χ4v) is 1.62. The third-order valence-corrected chi connectivity index (χ3v) is 2.47. The van der Waals surface area contributed by atoms with Crippen molar-refractivity contribution < 1.29 is 9.59 Å². The van der Waals surface area contributed by atoms with Crippen LogP contribution in [-0.4, -0.2) is 17.1 Å². The van der Waals surface area contributed by atoms with Crippen LogP contribution in [0, 0.1) is 0 Å².